The molecule has 0 spiro atoms. The van der Waals surface area contributed by atoms with Gasteiger partial charge in [0.05, 0.1) is 11.3 Å². The normalized spacial score (nSPS) is 20.9. The summed E-state index contributed by atoms with van der Waals surface area (Å²) in [7, 11) is 0. The molecule has 4 rings (SSSR count). The van der Waals surface area contributed by atoms with Gasteiger partial charge in [-0.15, -0.1) is 12.4 Å². The number of rotatable bonds is 3. The predicted octanol–water partition coefficient (Wildman–Crippen LogP) is 2.25. The molecule has 27 heavy (non-hydrogen) atoms. The zero-order valence-electron chi connectivity index (χ0n) is 14.8. The SMILES string of the molecule is Cl.NC[C@@H]1CN(C(=O)c2cccc3c2OCC(=O)N3)C[C@H]1c1ccccc1. The number of nitrogens with two attached hydrogens (primary N) is 1. The van der Waals surface area contributed by atoms with Crippen LogP contribution >= 0.6 is 12.4 Å². The first-order valence-corrected chi connectivity index (χ1v) is 8.77. The summed E-state index contributed by atoms with van der Waals surface area (Å²) >= 11 is 0. The van der Waals surface area contributed by atoms with Crippen LogP contribution in [0.15, 0.2) is 48.5 Å². The van der Waals surface area contributed by atoms with E-state index in [1.165, 1.54) is 5.56 Å². The van der Waals surface area contributed by atoms with Gasteiger partial charge in [0.15, 0.2) is 12.4 Å². The van der Waals surface area contributed by atoms with Crippen LogP contribution in [-0.4, -0.2) is 43.0 Å². The molecule has 2 aliphatic rings. The highest BCUT2D eigenvalue weighted by Gasteiger charge is 2.37. The van der Waals surface area contributed by atoms with Crippen molar-refractivity contribution in [3.8, 4) is 5.75 Å². The van der Waals surface area contributed by atoms with Crippen molar-refractivity contribution in [3.63, 3.8) is 0 Å². The Morgan fingerprint density at radius 3 is 2.67 bits per heavy atom. The lowest BCUT2D eigenvalue weighted by Gasteiger charge is -2.23. The van der Waals surface area contributed by atoms with Crippen LogP contribution in [-0.2, 0) is 4.79 Å². The van der Waals surface area contributed by atoms with Gasteiger partial charge < -0.3 is 20.7 Å². The number of fused-ring (bicyclic) bond motifs is 1. The maximum atomic E-state index is 13.1. The van der Waals surface area contributed by atoms with Gasteiger partial charge in [-0.05, 0) is 30.2 Å². The second-order valence-corrected chi connectivity index (χ2v) is 6.74. The Morgan fingerprint density at radius 2 is 1.93 bits per heavy atom. The first kappa shape index (κ1) is 19.2. The van der Waals surface area contributed by atoms with E-state index in [2.05, 4.69) is 17.4 Å². The van der Waals surface area contributed by atoms with E-state index < -0.39 is 0 Å². The Bertz CT molecular complexity index is 844. The second-order valence-electron chi connectivity index (χ2n) is 6.74. The van der Waals surface area contributed by atoms with Crippen molar-refractivity contribution in [2.45, 2.75) is 5.92 Å². The minimum atomic E-state index is -0.212. The average Bonchev–Trinajstić information content (AvgIpc) is 3.12. The van der Waals surface area contributed by atoms with Crippen molar-refractivity contribution in [2.24, 2.45) is 11.7 Å². The van der Waals surface area contributed by atoms with Gasteiger partial charge in [0.25, 0.3) is 11.8 Å². The van der Waals surface area contributed by atoms with Gasteiger partial charge >= 0.3 is 0 Å². The Labute approximate surface area is 164 Å². The molecule has 2 heterocycles. The number of nitrogens with zero attached hydrogens (tertiary/aromatic N) is 1. The number of ether oxygens (including phenoxy) is 1. The van der Waals surface area contributed by atoms with Crippen LogP contribution in [0.25, 0.3) is 0 Å². The molecule has 0 aliphatic carbocycles. The molecule has 0 unspecified atom stereocenters. The zero-order chi connectivity index (χ0) is 18.1. The molecule has 142 valence electrons. The molecular formula is C20H22ClN3O3. The summed E-state index contributed by atoms with van der Waals surface area (Å²) in [6, 6.07) is 15.4. The first-order valence-electron chi connectivity index (χ1n) is 8.77. The molecule has 0 bridgehead atoms. The third kappa shape index (κ3) is 3.63. The summed E-state index contributed by atoms with van der Waals surface area (Å²) in [5.74, 6) is 0.599. The van der Waals surface area contributed by atoms with E-state index in [1.807, 2.05) is 23.1 Å². The monoisotopic (exact) mass is 387 g/mol. The molecule has 2 aliphatic heterocycles. The van der Waals surface area contributed by atoms with Gasteiger partial charge in [0, 0.05) is 19.0 Å². The van der Waals surface area contributed by atoms with Crippen LogP contribution in [0.1, 0.15) is 21.8 Å². The number of hydrogen-bond acceptors (Lipinski definition) is 4. The Balaban J connectivity index is 0.00000210. The molecule has 3 N–H and O–H groups in total. The van der Waals surface area contributed by atoms with Crippen molar-refractivity contribution in [1.82, 2.24) is 4.90 Å². The molecule has 0 saturated carbocycles. The Morgan fingerprint density at radius 1 is 1.15 bits per heavy atom. The highest BCUT2D eigenvalue weighted by Crippen LogP contribution is 2.36. The number of carbonyl (C=O) groups is 2. The number of para-hydroxylation sites is 1. The van der Waals surface area contributed by atoms with Crippen LogP contribution in [0.5, 0.6) is 5.75 Å². The molecule has 2 amide bonds. The molecule has 7 heteroatoms. The molecule has 0 radical (unpaired) electrons. The third-order valence-electron chi connectivity index (χ3n) is 5.13. The van der Waals surface area contributed by atoms with Gasteiger partial charge in [-0.1, -0.05) is 36.4 Å². The lowest BCUT2D eigenvalue weighted by atomic mass is 9.89. The fraction of sp³-hybridized carbons (Fsp3) is 0.300. The van der Waals surface area contributed by atoms with Crippen molar-refractivity contribution >= 4 is 29.9 Å². The molecule has 0 aromatic heterocycles. The van der Waals surface area contributed by atoms with Crippen LogP contribution < -0.4 is 15.8 Å². The maximum Gasteiger partial charge on any atom is 0.262 e. The number of halogens is 1. The van der Waals surface area contributed by atoms with Crippen LogP contribution in [0.3, 0.4) is 0 Å². The van der Waals surface area contributed by atoms with Gasteiger partial charge in [0.1, 0.15) is 0 Å². The summed E-state index contributed by atoms with van der Waals surface area (Å²) in [5.41, 5.74) is 8.21. The summed E-state index contributed by atoms with van der Waals surface area (Å²) in [6.45, 7) is 1.70. The number of anilines is 1. The van der Waals surface area contributed by atoms with E-state index in [9.17, 15) is 9.59 Å². The molecule has 6 nitrogen and oxygen atoms in total. The highest BCUT2D eigenvalue weighted by atomic mass is 35.5. The van der Waals surface area contributed by atoms with E-state index in [4.69, 9.17) is 10.5 Å². The van der Waals surface area contributed by atoms with Crippen molar-refractivity contribution in [2.75, 3.05) is 31.6 Å². The standard InChI is InChI=1S/C20H21N3O3.ClH/c21-9-14-10-23(11-16(14)13-5-2-1-3-6-13)20(25)15-7-4-8-17-19(15)26-12-18(24)22-17;/h1-8,14,16H,9-12,21H2,(H,22,24);1H/t14-,16+;/m1./s1. The zero-order valence-corrected chi connectivity index (χ0v) is 15.6. The van der Waals surface area contributed by atoms with Crippen molar-refractivity contribution in [3.05, 3.63) is 59.7 Å². The number of nitrogens with one attached hydrogen (secondary N) is 1. The summed E-state index contributed by atoms with van der Waals surface area (Å²) in [4.78, 5) is 26.5. The molecular weight excluding hydrogens is 366 g/mol. The van der Waals surface area contributed by atoms with Crippen LogP contribution in [0.2, 0.25) is 0 Å². The van der Waals surface area contributed by atoms with Crippen LogP contribution in [0, 0.1) is 5.92 Å². The quantitative estimate of drug-likeness (QED) is 0.846. The molecule has 2 aromatic rings. The van der Waals surface area contributed by atoms with Crippen molar-refractivity contribution < 1.29 is 14.3 Å². The second kappa shape index (κ2) is 7.98. The number of carbonyl (C=O) groups excluding carboxylic acids is 2. The Hall–Kier alpha value is -2.57. The smallest absolute Gasteiger partial charge is 0.262 e. The minimum absolute atomic E-state index is 0. The van der Waals surface area contributed by atoms with E-state index in [1.54, 1.807) is 18.2 Å². The number of hydrogen-bond donors (Lipinski definition) is 2. The topological polar surface area (TPSA) is 84.7 Å². The Kier molecular flexibility index (Phi) is 5.68. The van der Waals surface area contributed by atoms with Gasteiger partial charge in [-0.3, -0.25) is 9.59 Å². The summed E-state index contributed by atoms with van der Waals surface area (Å²) < 4.78 is 5.53. The highest BCUT2D eigenvalue weighted by molar-refractivity contribution is 6.03. The molecule has 1 saturated heterocycles. The first-order chi connectivity index (χ1) is 12.7. The van der Waals surface area contributed by atoms with Crippen LogP contribution in [0.4, 0.5) is 5.69 Å². The number of amides is 2. The summed E-state index contributed by atoms with van der Waals surface area (Å²) in [5, 5.41) is 2.75. The fourth-order valence-electron chi connectivity index (χ4n) is 3.81. The fourth-order valence-corrected chi connectivity index (χ4v) is 3.81. The van der Waals surface area contributed by atoms with Gasteiger partial charge in [0.2, 0.25) is 0 Å². The lowest BCUT2D eigenvalue weighted by Crippen LogP contribution is -2.32. The van der Waals surface area contributed by atoms with E-state index >= 15 is 0 Å². The minimum Gasteiger partial charge on any atom is -0.481 e. The number of benzene rings is 2. The van der Waals surface area contributed by atoms with E-state index in [0.717, 1.165) is 0 Å². The molecule has 2 atom stereocenters. The molecule has 2 aromatic carbocycles. The predicted molar refractivity (Wildman–Crippen MR) is 105 cm³/mol. The molecule has 1 fully saturated rings. The van der Waals surface area contributed by atoms with Gasteiger partial charge in [-0.25, -0.2) is 0 Å². The van der Waals surface area contributed by atoms with Crippen molar-refractivity contribution in [1.29, 1.82) is 0 Å². The average molecular weight is 388 g/mol. The third-order valence-corrected chi connectivity index (χ3v) is 5.13. The van der Waals surface area contributed by atoms with E-state index in [0.29, 0.717) is 36.6 Å². The van der Waals surface area contributed by atoms with E-state index in [-0.39, 0.29) is 42.7 Å². The lowest BCUT2D eigenvalue weighted by molar-refractivity contribution is -0.118. The van der Waals surface area contributed by atoms with Gasteiger partial charge in [-0.2, -0.15) is 0 Å². The number of likely N-dealkylation sites (tertiary alicyclic amines) is 1. The maximum absolute atomic E-state index is 13.1. The largest absolute Gasteiger partial charge is 0.481 e. The summed E-state index contributed by atoms with van der Waals surface area (Å²) in [6.07, 6.45) is 0.